The summed E-state index contributed by atoms with van der Waals surface area (Å²) in [5, 5.41) is 8.61. The van der Waals surface area contributed by atoms with E-state index in [4.69, 9.17) is 38.9 Å². The number of nitrogens with zero attached hydrogens (tertiary/aromatic N) is 1. The summed E-state index contributed by atoms with van der Waals surface area (Å²) in [5.41, 5.74) is 6.79. The molecule has 0 spiro atoms. The van der Waals surface area contributed by atoms with E-state index in [2.05, 4.69) is 4.98 Å². The lowest BCUT2D eigenvalue weighted by Crippen LogP contribution is -2.21. The molecule has 6 nitrogen and oxygen atoms in total. The summed E-state index contributed by atoms with van der Waals surface area (Å²) in [6.45, 7) is 0. The number of hydrogen-bond donors (Lipinski definition) is 3. The van der Waals surface area contributed by atoms with Crippen molar-refractivity contribution in [2.24, 2.45) is 0 Å². The molecule has 2 aromatic rings. The number of nitrogens with two attached hydrogens (primary N) is 1. The maximum atomic E-state index is 14.4. The molecule has 1 heterocycles. The largest absolute Gasteiger partial charge is 0.492 e. The second-order valence-corrected chi connectivity index (χ2v) is 4.93. The summed E-state index contributed by atoms with van der Waals surface area (Å²) in [4.78, 5) is 15.4. The summed E-state index contributed by atoms with van der Waals surface area (Å²) >= 11 is 11.7. The summed E-state index contributed by atoms with van der Waals surface area (Å²) in [5.74, 6) is -1.90. The zero-order valence-corrected chi connectivity index (χ0v) is 12.7. The Bertz CT molecular complexity index is 756. The second kappa shape index (κ2) is 6.35. The van der Waals surface area contributed by atoms with Gasteiger partial charge in [0, 0.05) is 5.56 Å². The molecule has 0 unspecified atom stereocenters. The van der Waals surface area contributed by atoms with Gasteiger partial charge in [-0.1, -0.05) is 23.2 Å². The zero-order chi connectivity index (χ0) is 16.4. The van der Waals surface area contributed by atoms with Crippen molar-refractivity contribution in [2.75, 3.05) is 12.8 Å². The van der Waals surface area contributed by atoms with Crippen LogP contribution < -0.4 is 16.0 Å². The maximum Gasteiger partial charge on any atom is 0.294 e. The molecule has 0 saturated carbocycles. The molecule has 1 amide bonds. The van der Waals surface area contributed by atoms with Gasteiger partial charge in [-0.2, -0.15) is 0 Å². The van der Waals surface area contributed by atoms with Gasteiger partial charge in [0.1, 0.15) is 0 Å². The van der Waals surface area contributed by atoms with Crippen LogP contribution in [0.1, 0.15) is 10.5 Å². The van der Waals surface area contributed by atoms with Crippen LogP contribution in [0.5, 0.6) is 5.75 Å². The van der Waals surface area contributed by atoms with Crippen molar-refractivity contribution in [1.29, 1.82) is 0 Å². The number of anilines is 1. The molecule has 0 aliphatic carbocycles. The number of hydrogen-bond acceptors (Lipinski definition) is 5. The van der Waals surface area contributed by atoms with Crippen molar-refractivity contribution in [1.82, 2.24) is 10.5 Å². The van der Waals surface area contributed by atoms with Crippen LogP contribution in [0.4, 0.5) is 10.1 Å². The number of carbonyl (C=O) groups excluding carboxylic acids is 1. The Morgan fingerprint density at radius 1 is 1.45 bits per heavy atom. The standard InChI is InChI=1S/C13H10Cl2FN3O3/c1-22-12-6(14)3-2-5(10(12)16)8-4-7(17)9(15)11(18-8)13(20)19-21/h2-4,21H,1H3,(H2,17,18)(H,19,20). The quantitative estimate of drug-likeness (QED) is 0.586. The van der Waals surface area contributed by atoms with Gasteiger partial charge in [0.05, 0.1) is 28.5 Å². The predicted octanol–water partition coefficient (Wildman–Crippen LogP) is 2.90. The molecule has 0 radical (unpaired) electrons. The van der Waals surface area contributed by atoms with Crippen LogP contribution in [0.25, 0.3) is 11.3 Å². The first-order chi connectivity index (χ1) is 10.4. The molecule has 0 atom stereocenters. The van der Waals surface area contributed by atoms with Crippen molar-refractivity contribution in [3.8, 4) is 17.0 Å². The van der Waals surface area contributed by atoms with E-state index < -0.39 is 11.7 Å². The summed E-state index contributed by atoms with van der Waals surface area (Å²) in [6.07, 6.45) is 0. The highest BCUT2D eigenvalue weighted by Crippen LogP contribution is 2.36. The lowest BCUT2D eigenvalue weighted by Gasteiger charge is -2.11. The third-order valence-corrected chi connectivity index (χ3v) is 3.53. The van der Waals surface area contributed by atoms with Gasteiger partial charge in [-0.25, -0.2) is 14.9 Å². The Hall–Kier alpha value is -2.09. The number of pyridine rings is 1. The van der Waals surface area contributed by atoms with Crippen LogP contribution >= 0.6 is 23.2 Å². The lowest BCUT2D eigenvalue weighted by molar-refractivity contribution is 0.0701. The molecule has 1 aromatic carbocycles. The fraction of sp³-hybridized carbons (Fsp3) is 0.0769. The van der Waals surface area contributed by atoms with Gasteiger partial charge >= 0.3 is 0 Å². The van der Waals surface area contributed by atoms with Gasteiger partial charge in [0.2, 0.25) is 0 Å². The van der Waals surface area contributed by atoms with Crippen molar-refractivity contribution >= 4 is 34.8 Å². The number of carbonyl (C=O) groups is 1. The van der Waals surface area contributed by atoms with E-state index >= 15 is 0 Å². The fourth-order valence-corrected chi connectivity index (χ4v) is 2.21. The monoisotopic (exact) mass is 345 g/mol. The predicted molar refractivity (Wildman–Crippen MR) is 79.9 cm³/mol. The van der Waals surface area contributed by atoms with Crippen molar-refractivity contribution in [2.45, 2.75) is 0 Å². The zero-order valence-electron chi connectivity index (χ0n) is 11.2. The SMILES string of the molecule is COc1c(Cl)ccc(-c2cc(N)c(Cl)c(C(=O)NO)n2)c1F. The molecule has 1 aromatic heterocycles. The molecule has 0 saturated heterocycles. The summed E-state index contributed by atoms with van der Waals surface area (Å²) < 4.78 is 19.3. The van der Waals surface area contributed by atoms with Crippen LogP contribution in [-0.2, 0) is 0 Å². The van der Waals surface area contributed by atoms with Crippen LogP contribution in [0, 0.1) is 5.82 Å². The molecule has 0 aliphatic rings. The van der Waals surface area contributed by atoms with Crippen LogP contribution in [0.15, 0.2) is 18.2 Å². The summed E-state index contributed by atoms with van der Waals surface area (Å²) in [6, 6.07) is 4.07. The van der Waals surface area contributed by atoms with E-state index in [1.165, 1.54) is 30.8 Å². The fourth-order valence-electron chi connectivity index (χ4n) is 1.81. The number of amides is 1. The van der Waals surface area contributed by atoms with Gasteiger partial charge in [-0.15, -0.1) is 0 Å². The molecule has 116 valence electrons. The molecule has 22 heavy (non-hydrogen) atoms. The van der Waals surface area contributed by atoms with E-state index in [0.29, 0.717) is 0 Å². The number of nitrogens with one attached hydrogen (secondary N) is 1. The van der Waals surface area contributed by atoms with Gasteiger partial charge in [0.25, 0.3) is 5.91 Å². The Balaban J connectivity index is 2.69. The van der Waals surface area contributed by atoms with Crippen LogP contribution in [0.2, 0.25) is 10.0 Å². The number of nitrogen functional groups attached to an aromatic ring is 1. The first kappa shape index (κ1) is 16.3. The van der Waals surface area contributed by atoms with Gasteiger partial charge in [0.15, 0.2) is 17.3 Å². The third-order valence-electron chi connectivity index (χ3n) is 2.83. The number of benzene rings is 1. The highest BCUT2D eigenvalue weighted by molar-refractivity contribution is 6.36. The average Bonchev–Trinajstić information content (AvgIpc) is 2.50. The number of halogens is 3. The topological polar surface area (TPSA) is 97.5 Å². The lowest BCUT2D eigenvalue weighted by atomic mass is 10.1. The van der Waals surface area contributed by atoms with Gasteiger partial charge in [-0.05, 0) is 18.2 Å². The van der Waals surface area contributed by atoms with Crippen LogP contribution in [-0.4, -0.2) is 23.2 Å². The minimum absolute atomic E-state index is 0.00131. The second-order valence-electron chi connectivity index (χ2n) is 4.14. The molecular formula is C13H10Cl2FN3O3. The molecular weight excluding hydrogens is 336 g/mol. The Morgan fingerprint density at radius 2 is 2.14 bits per heavy atom. The van der Waals surface area contributed by atoms with E-state index in [-0.39, 0.29) is 38.4 Å². The smallest absolute Gasteiger partial charge is 0.294 e. The van der Waals surface area contributed by atoms with Crippen molar-refractivity contribution in [3.63, 3.8) is 0 Å². The number of methoxy groups -OCH3 is 1. The van der Waals surface area contributed by atoms with E-state index in [9.17, 15) is 9.18 Å². The average molecular weight is 346 g/mol. The van der Waals surface area contributed by atoms with E-state index in [1.54, 1.807) is 0 Å². The van der Waals surface area contributed by atoms with Crippen LogP contribution in [0.3, 0.4) is 0 Å². The number of ether oxygens (including phenoxy) is 1. The molecule has 2 rings (SSSR count). The molecule has 9 heteroatoms. The van der Waals surface area contributed by atoms with Crippen molar-refractivity contribution in [3.05, 3.63) is 39.8 Å². The van der Waals surface area contributed by atoms with Gasteiger partial charge in [-0.3, -0.25) is 10.0 Å². The minimum atomic E-state index is -0.972. The number of rotatable bonds is 3. The first-order valence-electron chi connectivity index (χ1n) is 5.83. The minimum Gasteiger partial charge on any atom is -0.492 e. The molecule has 0 bridgehead atoms. The number of hydroxylamine groups is 1. The number of aromatic nitrogens is 1. The highest BCUT2D eigenvalue weighted by Gasteiger charge is 2.20. The Morgan fingerprint density at radius 3 is 2.73 bits per heavy atom. The molecule has 4 N–H and O–H groups in total. The Kier molecular flexibility index (Phi) is 4.70. The van der Waals surface area contributed by atoms with E-state index in [0.717, 1.165) is 0 Å². The maximum absolute atomic E-state index is 14.4. The van der Waals surface area contributed by atoms with Crippen molar-refractivity contribution < 1.29 is 19.1 Å². The highest BCUT2D eigenvalue weighted by atomic mass is 35.5. The summed E-state index contributed by atoms with van der Waals surface area (Å²) in [7, 11) is 1.27. The van der Waals surface area contributed by atoms with E-state index in [1.807, 2.05) is 0 Å². The molecule has 0 fully saturated rings. The normalized spacial score (nSPS) is 10.4. The first-order valence-corrected chi connectivity index (χ1v) is 6.59. The van der Waals surface area contributed by atoms with Gasteiger partial charge < -0.3 is 10.5 Å². The Labute approximate surface area is 134 Å². The molecule has 0 aliphatic heterocycles. The third kappa shape index (κ3) is 2.78.